The molecule has 0 heterocycles. The van der Waals surface area contributed by atoms with Crippen molar-refractivity contribution in [2.75, 3.05) is 21.3 Å². The smallest absolute Gasteiger partial charge is 0.204 e. The third-order valence-corrected chi connectivity index (χ3v) is 3.40. The van der Waals surface area contributed by atoms with Crippen molar-refractivity contribution >= 4 is 11.9 Å². The molecular weight excluding hydrogens is 312 g/mol. The van der Waals surface area contributed by atoms with Gasteiger partial charge in [0.05, 0.1) is 26.9 Å². The third kappa shape index (κ3) is 3.43. The number of methoxy groups -OCH3 is 3. The van der Waals surface area contributed by atoms with Gasteiger partial charge in [-0.2, -0.15) is 0 Å². The number of phenolic OH excluding ortho intramolecular Hbond substituents is 2. The maximum Gasteiger partial charge on any atom is 0.204 e. The number of carbonyl (C=O) groups excluding carboxylic acids is 1. The highest BCUT2D eigenvalue weighted by Gasteiger charge is 2.19. The molecule has 0 aliphatic carbocycles. The summed E-state index contributed by atoms with van der Waals surface area (Å²) in [5.74, 6) is 0.286. The lowest BCUT2D eigenvalue weighted by molar-refractivity contribution is 0.104. The molecule has 0 aliphatic rings. The van der Waals surface area contributed by atoms with Crippen LogP contribution in [0.3, 0.4) is 0 Å². The van der Waals surface area contributed by atoms with E-state index >= 15 is 0 Å². The molecule has 6 nitrogen and oxygen atoms in total. The molecule has 0 saturated carbocycles. The molecule has 24 heavy (non-hydrogen) atoms. The lowest BCUT2D eigenvalue weighted by Gasteiger charge is -2.14. The summed E-state index contributed by atoms with van der Waals surface area (Å²) < 4.78 is 15.7. The topological polar surface area (TPSA) is 85.2 Å². The van der Waals surface area contributed by atoms with Crippen LogP contribution in [0.2, 0.25) is 0 Å². The summed E-state index contributed by atoms with van der Waals surface area (Å²) in [4.78, 5) is 12.4. The van der Waals surface area contributed by atoms with Gasteiger partial charge >= 0.3 is 0 Å². The molecule has 0 radical (unpaired) electrons. The van der Waals surface area contributed by atoms with Gasteiger partial charge in [-0.15, -0.1) is 0 Å². The predicted octanol–water partition coefficient (Wildman–Crippen LogP) is 3.02. The maximum absolute atomic E-state index is 12.4. The number of carbonyl (C=O) groups is 1. The van der Waals surface area contributed by atoms with Crippen molar-refractivity contribution in [3.8, 4) is 28.7 Å². The summed E-state index contributed by atoms with van der Waals surface area (Å²) in [7, 11) is 4.40. The molecule has 2 aromatic rings. The Hall–Kier alpha value is -3.15. The van der Waals surface area contributed by atoms with Gasteiger partial charge in [-0.05, 0) is 35.9 Å². The Balaban J connectivity index is 2.35. The highest BCUT2D eigenvalue weighted by Crippen LogP contribution is 2.40. The Morgan fingerprint density at radius 2 is 1.62 bits per heavy atom. The SMILES string of the molecule is COc1ccc(C(=O)C=Cc2ccc(O)c(O)c2)c(OC)c1OC. The van der Waals surface area contributed by atoms with Crippen molar-refractivity contribution < 1.29 is 29.2 Å². The van der Waals surface area contributed by atoms with E-state index in [0.29, 0.717) is 22.6 Å². The first-order chi connectivity index (χ1) is 11.5. The molecule has 0 spiro atoms. The molecule has 0 unspecified atom stereocenters. The van der Waals surface area contributed by atoms with Gasteiger partial charge in [0.15, 0.2) is 28.8 Å². The first-order valence-corrected chi connectivity index (χ1v) is 7.05. The van der Waals surface area contributed by atoms with Gasteiger partial charge < -0.3 is 24.4 Å². The quantitative estimate of drug-likeness (QED) is 0.481. The summed E-state index contributed by atoms with van der Waals surface area (Å²) in [5, 5.41) is 18.8. The Morgan fingerprint density at radius 1 is 0.917 bits per heavy atom. The number of allylic oxidation sites excluding steroid dienone is 1. The van der Waals surface area contributed by atoms with E-state index in [2.05, 4.69) is 0 Å². The Kier molecular flexibility index (Phi) is 5.31. The van der Waals surface area contributed by atoms with Crippen LogP contribution in [0.4, 0.5) is 0 Å². The highest BCUT2D eigenvalue weighted by molar-refractivity contribution is 6.09. The molecule has 2 aromatic carbocycles. The minimum atomic E-state index is -0.305. The summed E-state index contributed by atoms with van der Waals surface area (Å²) in [6, 6.07) is 7.47. The molecule has 0 aliphatic heterocycles. The lowest BCUT2D eigenvalue weighted by atomic mass is 10.1. The number of hydrogen-bond donors (Lipinski definition) is 2. The minimum Gasteiger partial charge on any atom is -0.504 e. The van der Waals surface area contributed by atoms with Gasteiger partial charge in [0, 0.05) is 0 Å². The van der Waals surface area contributed by atoms with Crippen molar-refractivity contribution in [1.29, 1.82) is 0 Å². The van der Waals surface area contributed by atoms with Gasteiger partial charge in [0.2, 0.25) is 5.75 Å². The fourth-order valence-corrected chi connectivity index (χ4v) is 2.20. The van der Waals surface area contributed by atoms with Gasteiger partial charge in [-0.1, -0.05) is 12.1 Å². The molecule has 2 N–H and O–H groups in total. The van der Waals surface area contributed by atoms with Gasteiger partial charge in [0.1, 0.15) is 0 Å². The molecule has 6 heteroatoms. The Bertz CT molecular complexity index is 779. The molecule has 0 aromatic heterocycles. The first-order valence-electron chi connectivity index (χ1n) is 7.05. The second-order valence-electron chi connectivity index (χ2n) is 4.83. The van der Waals surface area contributed by atoms with E-state index in [1.165, 1.54) is 45.6 Å². The molecule has 2 rings (SSSR count). The summed E-state index contributed by atoms with van der Waals surface area (Å²) in [6.45, 7) is 0. The monoisotopic (exact) mass is 330 g/mol. The molecule has 0 saturated heterocycles. The number of rotatable bonds is 6. The van der Waals surface area contributed by atoms with Gasteiger partial charge in [0.25, 0.3) is 0 Å². The third-order valence-electron chi connectivity index (χ3n) is 3.40. The van der Waals surface area contributed by atoms with Crippen LogP contribution in [0.5, 0.6) is 28.7 Å². The number of benzene rings is 2. The van der Waals surface area contributed by atoms with Crippen molar-refractivity contribution in [2.45, 2.75) is 0 Å². The van der Waals surface area contributed by atoms with Crippen molar-refractivity contribution in [3.05, 3.63) is 47.5 Å². The van der Waals surface area contributed by atoms with E-state index in [4.69, 9.17) is 14.2 Å². The number of aromatic hydroxyl groups is 2. The summed E-state index contributed by atoms with van der Waals surface area (Å²) in [5.41, 5.74) is 0.882. The number of hydrogen-bond acceptors (Lipinski definition) is 6. The highest BCUT2D eigenvalue weighted by atomic mass is 16.5. The predicted molar refractivity (Wildman–Crippen MR) is 89.2 cm³/mol. The Labute approximate surface area is 139 Å². The average molecular weight is 330 g/mol. The van der Waals surface area contributed by atoms with Crippen LogP contribution in [0.1, 0.15) is 15.9 Å². The number of ketones is 1. The van der Waals surface area contributed by atoms with Gasteiger partial charge in [-0.3, -0.25) is 4.79 Å². The van der Waals surface area contributed by atoms with Gasteiger partial charge in [-0.25, -0.2) is 0 Å². The summed E-state index contributed by atoms with van der Waals surface area (Å²) >= 11 is 0. The van der Waals surface area contributed by atoms with Crippen LogP contribution in [0, 0.1) is 0 Å². The van der Waals surface area contributed by atoms with Crippen LogP contribution >= 0.6 is 0 Å². The fraction of sp³-hybridized carbons (Fsp3) is 0.167. The molecule has 0 bridgehead atoms. The second-order valence-corrected chi connectivity index (χ2v) is 4.83. The summed E-state index contributed by atoms with van der Waals surface area (Å²) in [6.07, 6.45) is 2.87. The zero-order valence-electron chi connectivity index (χ0n) is 13.6. The Morgan fingerprint density at radius 3 is 2.21 bits per heavy atom. The zero-order valence-corrected chi connectivity index (χ0v) is 13.6. The standard InChI is InChI=1S/C18H18O6/c1-22-16-9-6-12(17(23-2)18(16)24-3)13(19)7-4-11-5-8-14(20)15(21)10-11/h4-10,20-21H,1-3H3. The maximum atomic E-state index is 12.4. The molecule has 0 amide bonds. The zero-order chi connectivity index (χ0) is 17.7. The van der Waals surface area contributed by atoms with Crippen LogP contribution in [-0.4, -0.2) is 37.3 Å². The van der Waals surface area contributed by atoms with Crippen LogP contribution in [0.25, 0.3) is 6.08 Å². The van der Waals surface area contributed by atoms with E-state index in [-0.39, 0.29) is 23.0 Å². The molecule has 126 valence electrons. The largest absolute Gasteiger partial charge is 0.504 e. The number of phenols is 2. The second kappa shape index (κ2) is 7.41. The lowest BCUT2D eigenvalue weighted by Crippen LogP contribution is -2.02. The minimum absolute atomic E-state index is 0.222. The fourth-order valence-electron chi connectivity index (χ4n) is 2.20. The molecular formula is C18H18O6. The molecule has 0 fully saturated rings. The normalized spacial score (nSPS) is 10.6. The van der Waals surface area contributed by atoms with Crippen LogP contribution in [0.15, 0.2) is 36.4 Å². The van der Waals surface area contributed by atoms with Crippen LogP contribution < -0.4 is 14.2 Å². The van der Waals surface area contributed by atoms with E-state index in [9.17, 15) is 15.0 Å². The molecule has 0 atom stereocenters. The van der Waals surface area contributed by atoms with E-state index < -0.39 is 0 Å². The average Bonchev–Trinajstić information content (AvgIpc) is 2.60. The van der Waals surface area contributed by atoms with Crippen LogP contribution in [-0.2, 0) is 0 Å². The van der Waals surface area contributed by atoms with E-state index in [0.717, 1.165) is 0 Å². The van der Waals surface area contributed by atoms with Crippen molar-refractivity contribution in [2.24, 2.45) is 0 Å². The van der Waals surface area contributed by atoms with E-state index in [1.807, 2.05) is 0 Å². The first kappa shape index (κ1) is 17.2. The van der Waals surface area contributed by atoms with Crippen molar-refractivity contribution in [1.82, 2.24) is 0 Å². The van der Waals surface area contributed by atoms with E-state index in [1.54, 1.807) is 18.2 Å². The number of ether oxygens (including phenoxy) is 3. The van der Waals surface area contributed by atoms with Crippen molar-refractivity contribution in [3.63, 3.8) is 0 Å².